The van der Waals surface area contributed by atoms with Crippen molar-refractivity contribution in [2.24, 2.45) is 0 Å². The molecule has 3 amide bonds. The molecule has 1 saturated heterocycles. The Balaban J connectivity index is 1.68. The van der Waals surface area contributed by atoms with E-state index in [1.807, 2.05) is 30.5 Å². The van der Waals surface area contributed by atoms with E-state index in [4.69, 9.17) is 0 Å². The molecule has 0 saturated carbocycles. The average Bonchev–Trinajstić information content (AvgIpc) is 3.10. The predicted molar refractivity (Wildman–Crippen MR) is 97.0 cm³/mol. The van der Waals surface area contributed by atoms with E-state index in [2.05, 4.69) is 10.3 Å². The number of carbonyl (C=O) groups excluding carboxylic acids is 2. The van der Waals surface area contributed by atoms with Crippen LogP contribution < -0.4 is 10.9 Å². The number of rotatable bonds is 3. The topological polar surface area (TPSA) is 83.8 Å². The first kappa shape index (κ1) is 16.5. The van der Waals surface area contributed by atoms with Gasteiger partial charge in [0.1, 0.15) is 5.54 Å². The summed E-state index contributed by atoms with van der Waals surface area (Å²) in [6.07, 6.45) is 0. The van der Waals surface area contributed by atoms with E-state index in [0.29, 0.717) is 16.2 Å². The third kappa shape index (κ3) is 2.41. The van der Waals surface area contributed by atoms with Crippen molar-refractivity contribution in [1.82, 2.24) is 19.6 Å². The molecule has 0 bridgehead atoms. The molecule has 1 fully saturated rings. The average molecular weight is 368 g/mol. The lowest BCUT2D eigenvalue weighted by molar-refractivity contribution is -0.131. The van der Waals surface area contributed by atoms with Crippen LogP contribution in [0.15, 0.2) is 46.6 Å². The lowest BCUT2D eigenvalue weighted by Gasteiger charge is -2.22. The quantitative estimate of drug-likeness (QED) is 0.717. The van der Waals surface area contributed by atoms with Crippen molar-refractivity contribution < 1.29 is 9.59 Å². The zero-order valence-corrected chi connectivity index (χ0v) is 15.0. The molecular formula is C18H16N4O3S. The van der Waals surface area contributed by atoms with Gasteiger partial charge in [0.15, 0.2) is 4.96 Å². The molecule has 7 nitrogen and oxygen atoms in total. The zero-order chi connectivity index (χ0) is 18.5. The number of amides is 3. The first-order chi connectivity index (χ1) is 12.4. The van der Waals surface area contributed by atoms with Gasteiger partial charge in [0.25, 0.3) is 11.5 Å². The molecule has 2 aromatic heterocycles. The van der Waals surface area contributed by atoms with Crippen molar-refractivity contribution in [3.63, 3.8) is 0 Å². The summed E-state index contributed by atoms with van der Waals surface area (Å²) >= 11 is 1.35. The first-order valence-electron chi connectivity index (χ1n) is 8.06. The minimum absolute atomic E-state index is 0.0459. The van der Waals surface area contributed by atoms with Gasteiger partial charge in [-0.3, -0.25) is 18.9 Å². The van der Waals surface area contributed by atoms with Crippen LogP contribution in [0.1, 0.15) is 23.9 Å². The van der Waals surface area contributed by atoms with E-state index in [-0.39, 0.29) is 18.0 Å². The molecule has 132 valence electrons. The van der Waals surface area contributed by atoms with E-state index in [1.54, 1.807) is 19.1 Å². The van der Waals surface area contributed by atoms with Gasteiger partial charge in [-0.25, -0.2) is 9.78 Å². The van der Waals surface area contributed by atoms with Crippen LogP contribution in [0.5, 0.6) is 0 Å². The summed E-state index contributed by atoms with van der Waals surface area (Å²) in [4.78, 5) is 43.7. The molecule has 1 aliphatic rings. The van der Waals surface area contributed by atoms with E-state index in [9.17, 15) is 14.4 Å². The van der Waals surface area contributed by atoms with E-state index < -0.39 is 11.6 Å². The highest BCUT2D eigenvalue weighted by molar-refractivity contribution is 7.15. The summed E-state index contributed by atoms with van der Waals surface area (Å²) in [6.45, 7) is 3.46. The maximum atomic E-state index is 12.9. The van der Waals surface area contributed by atoms with Crippen molar-refractivity contribution in [3.8, 4) is 0 Å². The number of carbonyl (C=O) groups is 2. The number of urea groups is 1. The Morgan fingerprint density at radius 3 is 2.65 bits per heavy atom. The van der Waals surface area contributed by atoms with Crippen LogP contribution >= 0.6 is 11.3 Å². The maximum Gasteiger partial charge on any atom is 0.325 e. The van der Waals surface area contributed by atoms with E-state index in [1.165, 1.54) is 21.8 Å². The van der Waals surface area contributed by atoms with E-state index >= 15 is 0 Å². The number of nitrogens with one attached hydrogen (secondary N) is 1. The van der Waals surface area contributed by atoms with Crippen LogP contribution in [0.25, 0.3) is 4.96 Å². The number of aromatic nitrogens is 2. The molecule has 1 N–H and O–H groups in total. The van der Waals surface area contributed by atoms with Gasteiger partial charge in [-0.2, -0.15) is 0 Å². The zero-order valence-electron chi connectivity index (χ0n) is 14.2. The van der Waals surface area contributed by atoms with Crippen LogP contribution in [-0.2, 0) is 16.9 Å². The normalized spacial score (nSPS) is 20.0. The lowest BCUT2D eigenvalue weighted by Crippen LogP contribution is -2.40. The molecule has 1 aromatic carbocycles. The maximum absolute atomic E-state index is 12.9. The molecule has 4 rings (SSSR count). The van der Waals surface area contributed by atoms with Gasteiger partial charge in [0.2, 0.25) is 0 Å². The Labute approximate surface area is 152 Å². The van der Waals surface area contributed by atoms with Crippen LogP contribution in [-0.4, -0.2) is 26.2 Å². The minimum Gasteiger partial charge on any atom is -0.319 e. The van der Waals surface area contributed by atoms with Crippen LogP contribution in [0.2, 0.25) is 0 Å². The van der Waals surface area contributed by atoms with Gasteiger partial charge in [0, 0.05) is 17.1 Å². The fraction of sp³-hybridized carbons (Fsp3) is 0.222. The molecule has 26 heavy (non-hydrogen) atoms. The highest BCUT2D eigenvalue weighted by atomic mass is 32.1. The summed E-state index contributed by atoms with van der Waals surface area (Å²) in [5.74, 6) is -0.363. The van der Waals surface area contributed by atoms with E-state index in [0.717, 1.165) is 10.6 Å². The number of hydrogen-bond acceptors (Lipinski definition) is 5. The van der Waals surface area contributed by atoms with Crippen LogP contribution in [0, 0.1) is 6.92 Å². The molecule has 0 spiro atoms. The second-order valence-electron chi connectivity index (χ2n) is 6.39. The number of nitrogens with zero attached hydrogens (tertiary/aromatic N) is 3. The molecule has 3 heterocycles. The van der Waals surface area contributed by atoms with Crippen LogP contribution in [0.4, 0.5) is 4.79 Å². The number of hydrogen-bond donors (Lipinski definition) is 1. The largest absolute Gasteiger partial charge is 0.325 e. The minimum atomic E-state index is -1.13. The molecular weight excluding hydrogens is 352 g/mol. The molecule has 0 radical (unpaired) electrons. The van der Waals surface area contributed by atoms with Crippen LogP contribution in [0.3, 0.4) is 0 Å². The Bertz CT molecular complexity index is 1090. The van der Waals surface area contributed by atoms with Crippen molar-refractivity contribution in [2.45, 2.75) is 25.9 Å². The second kappa shape index (κ2) is 5.77. The monoisotopic (exact) mass is 368 g/mol. The summed E-state index contributed by atoms with van der Waals surface area (Å²) < 4.78 is 1.51. The molecule has 3 aromatic rings. The number of benzene rings is 1. The van der Waals surface area contributed by atoms with Gasteiger partial charge in [-0.1, -0.05) is 30.3 Å². The van der Waals surface area contributed by atoms with Crippen molar-refractivity contribution in [1.29, 1.82) is 0 Å². The highest BCUT2D eigenvalue weighted by Crippen LogP contribution is 2.29. The lowest BCUT2D eigenvalue weighted by atomic mass is 9.92. The molecule has 1 unspecified atom stereocenters. The second-order valence-corrected chi connectivity index (χ2v) is 7.23. The Kier molecular flexibility index (Phi) is 3.66. The molecule has 1 aliphatic heterocycles. The summed E-state index contributed by atoms with van der Waals surface area (Å²) in [6, 6.07) is 9.95. The first-order valence-corrected chi connectivity index (χ1v) is 8.94. The fourth-order valence-electron chi connectivity index (χ4n) is 3.15. The van der Waals surface area contributed by atoms with Crippen molar-refractivity contribution in [3.05, 3.63) is 69.1 Å². The number of imide groups is 1. The Morgan fingerprint density at radius 1 is 1.19 bits per heavy atom. The third-order valence-corrected chi connectivity index (χ3v) is 5.52. The third-order valence-electron chi connectivity index (χ3n) is 4.57. The van der Waals surface area contributed by atoms with Crippen molar-refractivity contribution >= 4 is 28.2 Å². The Morgan fingerprint density at radius 2 is 1.92 bits per heavy atom. The predicted octanol–water partition coefficient (Wildman–Crippen LogP) is 2.03. The van der Waals surface area contributed by atoms with Gasteiger partial charge in [0.05, 0.1) is 12.2 Å². The summed E-state index contributed by atoms with van der Waals surface area (Å²) in [5, 5.41) is 4.59. The molecule has 1 atom stereocenters. The van der Waals surface area contributed by atoms with Gasteiger partial charge in [-0.15, -0.1) is 11.3 Å². The fourth-order valence-corrected chi connectivity index (χ4v) is 4.04. The molecule has 8 heteroatoms. The standard InChI is InChI=1S/C18H16N4O3S/c1-11-10-26-17-19-13(8-14(23)22(11)17)9-21-15(24)18(2,20-16(21)25)12-6-4-3-5-7-12/h3-8,10H,9H2,1-2H3,(H,20,25). The molecule has 0 aliphatic carbocycles. The number of aryl methyl sites for hydroxylation is 1. The summed E-state index contributed by atoms with van der Waals surface area (Å²) in [7, 11) is 0. The van der Waals surface area contributed by atoms with Gasteiger partial charge in [-0.05, 0) is 19.4 Å². The smallest absolute Gasteiger partial charge is 0.319 e. The van der Waals surface area contributed by atoms with Gasteiger partial charge >= 0.3 is 6.03 Å². The highest BCUT2D eigenvalue weighted by Gasteiger charge is 2.48. The Hall–Kier alpha value is -3.00. The number of thiazole rings is 1. The summed E-state index contributed by atoms with van der Waals surface area (Å²) in [5.41, 5.74) is 0.551. The number of fused-ring (bicyclic) bond motifs is 1. The van der Waals surface area contributed by atoms with Gasteiger partial charge < -0.3 is 5.32 Å². The van der Waals surface area contributed by atoms with Crippen molar-refractivity contribution in [2.75, 3.05) is 0 Å². The SMILES string of the molecule is Cc1csc2nc(CN3C(=O)NC(C)(c4ccccc4)C3=O)cc(=O)n12.